The molecule has 6 rings (SSSR count). The van der Waals surface area contributed by atoms with Crippen molar-refractivity contribution >= 4 is 78.1 Å². The molecule has 0 spiro atoms. The molecule has 2 aromatic carbocycles. The van der Waals surface area contributed by atoms with E-state index in [-0.39, 0.29) is 0 Å². The summed E-state index contributed by atoms with van der Waals surface area (Å²) < 4.78 is 5.92. The lowest BCUT2D eigenvalue weighted by atomic mass is 10.2. The van der Waals surface area contributed by atoms with Crippen molar-refractivity contribution in [2.45, 2.75) is 24.4 Å². The van der Waals surface area contributed by atoms with E-state index in [1.165, 1.54) is 21.2 Å². The van der Waals surface area contributed by atoms with Crippen LogP contribution in [0.25, 0.3) is 15.9 Å². The molecule has 1 N–H and O–H groups in total. The highest BCUT2D eigenvalue weighted by molar-refractivity contribution is 9.10. The van der Waals surface area contributed by atoms with Gasteiger partial charge in [0.25, 0.3) is 5.78 Å². The minimum atomic E-state index is 0.553. The Labute approximate surface area is 228 Å². The van der Waals surface area contributed by atoms with Gasteiger partial charge < -0.3 is 5.32 Å². The summed E-state index contributed by atoms with van der Waals surface area (Å²) in [6.45, 7) is 2.60. The van der Waals surface area contributed by atoms with Crippen LogP contribution in [0, 0.1) is 6.92 Å². The van der Waals surface area contributed by atoms with Crippen LogP contribution in [-0.2, 0) is 12.3 Å². The van der Waals surface area contributed by atoms with E-state index in [4.69, 9.17) is 16.7 Å². The van der Waals surface area contributed by atoms with Crippen LogP contribution < -0.4 is 5.32 Å². The average molecular weight is 597 g/mol. The highest BCUT2D eigenvalue weighted by Gasteiger charge is 2.13. The monoisotopic (exact) mass is 595 g/mol. The number of nitrogens with zero attached hydrogens (tertiary/aromatic N) is 6. The van der Waals surface area contributed by atoms with Gasteiger partial charge in [-0.2, -0.15) is 14.6 Å². The van der Waals surface area contributed by atoms with Gasteiger partial charge in [0, 0.05) is 44.0 Å². The number of rotatable bonds is 7. The topological polar surface area (TPSA) is 72.9 Å². The zero-order chi connectivity index (χ0) is 24.6. The summed E-state index contributed by atoms with van der Waals surface area (Å²) in [7, 11) is 0. The van der Waals surface area contributed by atoms with E-state index < -0.39 is 0 Å². The normalized spacial score (nSPS) is 11.5. The second-order valence-corrected chi connectivity index (χ2v) is 11.4. The number of fused-ring (bicyclic) bond motifs is 2. The molecular weight excluding hydrogens is 578 g/mol. The quantitative estimate of drug-likeness (QED) is 0.194. The number of benzene rings is 2. The van der Waals surface area contributed by atoms with E-state index in [1.807, 2.05) is 54.2 Å². The van der Waals surface area contributed by atoms with Gasteiger partial charge in [-0.3, -0.25) is 4.68 Å². The zero-order valence-electron chi connectivity index (χ0n) is 19.0. The number of halogens is 2. The van der Waals surface area contributed by atoms with Crippen LogP contribution in [0.4, 0.5) is 11.6 Å². The molecule has 0 saturated heterocycles. The standard InChI is InChI=1S/C25H19BrClN7S2/c1-15-10-23(34-24(28-15)30-25(32-34)36-13-16-2-4-18(26)5-3-16)29-22-8-9-33(31-22)12-17-14-35-21-7-6-19(27)11-20(17)21/h2-11,14H,12-13H2,1H3,(H,29,31). The van der Waals surface area contributed by atoms with Crippen molar-refractivity contribution in [3.8, 4) is 0 Å². The van der Waals surface area contributed by atoms with Gasteiger partial charge in [-0.05, 0) is 59.1 Å². The second-order valence-electron chi connectivity index (χ2n) is 8.23. The first-order valence-electron chi connectivity index (χ1n) is 11.1. The van der Waals surface area contributed by atoms with Gasteiger partial charge in [-0.25, -0.2) is 4.98 Å². The molecule has 0 saturated carbocycles. The van der Waals surface area contributed by atoms with E-state index in [0.29, 0.717) is 17.5 Å². The van der Waals surface area contributed by atoms with Crippen molar-refractivity contribution in [3.63, 3.8) is 0 Å². The number of thiophene rings is 1. The molecule has 36 heavy (non-hydrogen) atoms. The van der Waals surface area contributed by atoms with Crippen LogP contribution in [0.2, 0.25) is 5.02 Å². The minimum Gasteiger partial charge on any atom is -0.323 e. The molecule has 0 amide bonds. The zero-order valence-corrected chi connectivity index (χ0v) is 23.0. The molecule has 0 bridgehead atoms. The Morgan fingerprint density at radius 1 is 1.06 bits per heavy atom. The smallest absolute Gasteiger partial charge is 0.255 e. The van der Waals surface area contributed by atoms with Gasteiger partial charge in [0.2, 0.25) is 5.16 Å². The Morgan fingerprint density at radius 2 is 1.92 bits per heavy atom. The first-order valence-corrected chi connectivity index (χ1v) is 14.1. The highest BCUT2D eigenvalue weighted by Crippen LogP contribution is 2.29. The van der Waals surface area contributed by atoms with Gasteiger partial charge in [0.05, 0.1) is 6.54 Å². The summed E-state index contributed by atoms with van der Waals surface area (Å²) in [6, 6.07) is 18.1. The molecule has 0 radical (unpaired) electrons. The lowest BCUT2D eigenvalue weighted by molar-refractivity contribution is 0.694. The molecule has 4 heterocycles. The molecule has 0 unspecified atom stereocenters. The lowest BCUT2D eigenvalue weighted by Gasteiger charge is -2.06. The Hall–Kier alpha value is -2.92. The molecule has 4 aromatic heterocycles. The number of nitrogens with one attached hydrogen (secondary N) is 1. The predicted octanol–water partition coefficient (Wildman–Crippen LogP) is 7.34. The number of anilines is 2. The molecule has 0 aliphatic heterocycles. The maximum atomic E-state index is 6.21. The minimum absolute atomic E-state index is 0.553. The summed E-state index contributed by atoms with van der Waals surface area (Å²) >= 11 is 13.0. The third-order valence-corrected chi connectivity index (χ3v) is 8.23. The Kier molecular flexibility index (Phi) is 6.43. The van der Waals surface area contributed by atoms with Crippen LogP contribution in [-0.4, -0.2) is 29.4 Å². The van der Waals surface area contributed by atoms with E-state index >= 15 is 0 Å². The van der Waals surface area contributed by atoms with Gasteiger partial charge in [0.1, 0.15) is 5.82 Å². The summed E-state index contributed by atoms with van der Waals surface area (Å²) in [5, 5.41) is 17.5. The molecule has 180 valence electrons. The molecule has 0 aliphatic carbocycles. The van der Waals surface area contributed by atoms with Crippen molar-refractivity contribution in [2.24, 2.45) is 0 Å². The molecule has 0 fully saturated rings. The van der Waals surface area contributed by atoms with E-state index in [1.54, 1.807) is 27.6 Å². The fraction of sp³-hybridized carbons (Fsp3) is 0.120. The van der Waals surface area contributed by atoms with Crippen LogP contribution in [0.5, 0.6) is 0 Å². The van der Waals surface area contributed by atoms with Gasteiger partial charge in [-0.15, -0.1) is 16.4 Å². The van der Waals surface area contributed by atoms with Crippen molar-refractivity contribution in [1.82, 2.24) is 29.4 Å². The summed E-state index contributed by atoms with van der Waals surface area (Å²) in [5.41, 5.74) is 3.25. The highest BCUT2D eigenvalue weighted by atomic mass is 79.9. The van der Waals surface area contributed by atoms with Crippen molar-refractivity contribution in [1.29, 1.82) is 0 Å². The van der Waals surface area contributed by atoms with Crippen LogP contribution >= 0.6 is 50.6 Å². The SMILES string of the molecule is Cc1cc(Nc2ccn(Cc3csc4ccc(Cl)cc34)n2)n2nc(SCc3ccc(Br)cc3)nc2n1. The molecule has 0 aliphatic rings. The first kappa shape index (κ1) is 23.5. The third-order valence-electron chi connectivity index (χ3n) is 5.55. The second kappa shape index (κ2) is 9.85. The predicted molar refractivity (Wildman–Crippen MR) is 151 cm³/mol. The van der Waals surface area contributed by atoms with Crippen LogP contribution in [0.1, 0.15) is 16.8 Å². The maximum Gasteiger partial charge on any atom is 0.255 e. The van der Waals surface area contributed by atoms with Gasteiger partial charge in [0.15, 0.2) is 5.82 Å². The van der Waals surface area contributed by atoms with Crippen molar-refractivity contribution in [3.05, 3.63) is 92.5 Å². The number of aromatic nitrogens is 6. The molecule has 6 aromatic rings. The molecule has 11 heteroatoms. The summed E-state index contributed by atoms with van der Waals surface area (Å²) in [5.74, 6) is 2.81. The summed E-state index contributed by atoms with van der Waals surface area (Å²) in [4.78, 5) is 9.17. The first-order chi connectivity index (χ1) is 17.5. The largest absolute Gasteiger partial charge is 0.323 e. The fourth-order valence-electron chi connectivity index (χ4n) is 3.85. The van der Waals surface area contributed by atoms with Gasteiger partial charge in [-0.1, -0.05) is 51.4 Å². The van der Waals surface area contributed by atoms with E-state index in [2.05, 4.69) is 59.9 Å². The van der Waals surface area contributed by atoms with Crippen LogP contribution in [0.3, 0.4) is 0 Å². The number of hydrogen-bond donors (Lipinski definition) is 1. The number of aryl methyl sites for hydroxylation is 1. The Balaban J connectivity index is 1.21. The van der Waals surface area contributed by atoms with E-state index in [0.717, 1.165) is 32.6 Å². The maximum absolute atomic E-state index is 6.21. The fourth-order valence-corrected chi connectivity index (χ4v) is 5.99. The van der Waals surface area contributed by atoms with Crippen molar-refractivity contribution < 1.29 is 0 Å². The van der Waals surface area contributed by atoms with Crippen molar-refractivity contribution in [2.75, 3.05) is 5.32 Å². The number of thioether (sulfide) groups is 1. The Morgan fingerprint density at radius 3 is 2.78 bits per heavy atom. The molecule has 0 atom stereocenters. The van der Waals surface area contributed by atoms with E-state index in [9.17, 15) is 0 Å². The van der Waals surface area contributed by atoms with Gasteiger partial charge >= 0.3 is 0 Å². The molecule has 7 nitrogen and oxygen atoms in total. The third kappa shape index (κ3) is 4.99. The summed E-state index contributed by atoms with van der Waals surface area (Å²) in [6.07, 6.45) is 1.96. The Bertz CT molecular complexity index is 1690. The number of hydrogen-bond acceptors (Lipinski definition) is 7. The lowest BCUT2D eigenvalue weighted by Crippen LogP contribution is -2.04. The average Bonchev–Trinajstić information content (AvgIpc) is 3.58. The molecular formula is C25H19BrClN7S2. The van der Waals surface area contributed by atoms with Crippen LogP contribution in [0.15, 0.2) is 75.8 Å².